The van der Waals surface area contributed by atoms with E-state index in [0.29, 0.717) is 0 Å². The fourth-order valence-corrected chi connectivity index (χ4v) is 1.77. The highest BCUT2D eigenvalue weighted by molar-refractivity contribution is 5.99. The van der Waals surface area contributed by atoms with Crippen LogP contribution in [0.1, 0.15) is 49.9 Å². The van der Waals surface area contributed by atoms with Crippen LogP contribution in [0.3, 0.4) is 0 Å². The van der Waals surface area contributed by atoms with Crippen molar-refractivity contribution in [2.75, 3.05) is 18.4 Å². The van der Waals surface area contributed by atoms with E-state index >= 15 is 0 Å². The summed E-state index contributed by atoms with van der Waals surface area (Å²) in [4.78, 5) is 12.0. The Labute approximate surface area is 110 Å². The van der Waals surface area contributed by atoms with Gasteiger partial charge in [-0.15, -0.1) is 0 Å². The third-order valence-corrected chi connectivity index (χ3v) is 2.80. The van der Waals surface area contributed by atoms with Crippen LogP contribution in [0.4, 0.5) is 5.69 Å². The molecule has 1 amide bonds. The Bertz CT molecular complexity index is 363. The average Bonchev–Trinajstić information content (AvgIpc) is 2.41. The number of nitrogens with one attached hydrogen (secondary N) is 2. The summed E-state index contributed by atoms with van der Waals surface area (Å²) in [6.07, 6.45) is 4.43. The first-order valence-corrected chi connectivity index (χ1v) is 6.90. The molecule has 0 atom stereocenters. The molecule has 0 unspecified atom stereocenters. The molecule has 0 aliphatic rings. The first-order valence-electron chi connectivity index (χ1n) is 6.90. The number of anilines is 1. The first kappa shape index (κ1) is 14.6. The molecule has 1 rings (SSSR count). The highest BCUT2D eigenvalue weighted by atomic mass is 16.1. The average molecular weight is 248 g/mol. The Morgan fingerprint density at radius 3 is 2.56 bits per heavy atom. The molecular weight excluding hydrogens is 224 g/mol. The predicted molar refractivity (Wildman–Crippen MR) is 77.1 cm³/mol. The molecule has 0 aliphatic heterocycles. The van der Waals surface area contributed by atoms with Gasteiger partial charge in [-0.25, -0.2) is 0 Å². The fraction of sp³-hybridized carbons (Fsp3) is 0.533. The van der Waals surface area contributed by atoms with Crippen LogP contribution >= 0.6 is 0 Å². The number of unbranched alkanes of at least 4 members (excludes halogenated alkanes) is 2. The lowest BCUT2D eigenvalue weighted by molar-refractivity contribution is 0.0954. The summed E-state index contributed by atoms with van der Waals surface area (Å²) in [6, 6.07) is 7.67. The maximum absolute atomic E-state index is 12.0. The molecular formula is C15H24N2O. The Hall–Kier alpha value is -1.51. The predicted octanol–water partition coefficient (Wildman–Crippen LogP) is 3.43. The summed E-state index contributed by atoms with van der Waals surface area (Å²) in [5.41, 5.74) is 1.66. The fourth-order valence-electron chi connectivity index (χ4n) is 1.77. The van der Waals surface area contributed by atoms with Crippen LogP contribution in [-0.4, -0.2) is 19.0 Å². The van der Waals surface area contributed by atoms with Crippen LogP contribution in [0.25, 0.3) is 0 Å². The topological polar surface area (TPSA) is 41.1 Å². The standard InChI is InChI=1S/C15H24N2O/c1-3-5-8-12-17-15(18)13-9-6-7-10-14(13)16-11-4-2/h6-7,9-10,16H,3-5,8,11-12H2,1-2H3,(H,17,18). The number of carbonyl (C=O) groups is 1. The molecule has 0 saturated carbocycles. The van der Waals surface area contributed by atoms with Crippen LogP contribution in [-0.2, 0) is 0 Å². The molecule has 0 aromatic heterocycles. The van der Waals surface area contributed by atoms with Gasteiger partial charge in [0.1, 0.15) is 0 Å². The van der Waals surface area contributed by atoms with Gasteiger partial charge in [0.15, 0.2) is 0 Å². The smallest absolute Gasteiger partial charge is 0.253 e. The highest BCUT2D eigenvalue weighted by Crippen LogP contribution is 2.14. The summed E-state index contributed by atoms with van der Waals surface area (Å²) in [5.74, 6) is 0.0188. The molecule has 2 N–H and O–H groups in total. The molecule has 0 saturated heterocycles. The van der Waals surface area contributed by atoms with Crippen molar-refractivity contribution >= 4 is 11.6 Å². The van der Waals surface area contributed by atoms with Gasteiger partial charge in [0.2, 0.25) is 0 Å². The quantitative estimate of drug-likeness (QED) is 0.692. The van der Waals surface area contributed by atoms with Crippen molar-refractivity contribution in [1.82, 2.24) is 5.32 Å². The molecule has 18 heavy (non-hydrogen) atoms. The Balaban J connectivity index is 2.55. The van der Waals surface area contributed by atoms with Crippen LogP contribution in [0.2, 0.25) is 0 Å². The van der Waals surface area contributed by atoms with E-state index in [1.54, 1.807) is 0 Å². The van der Waals surface area contributed by atoms with Gasteiger partial charge in [0.25, 0.3) is 5.91 Å². The van der Waals surface area contributed by atoms with Gasteiger partial charge < -0.3 is 10.6 Å². The molecule has 100 valence electrons. The molecule has 3 nitrogen and oxygen atoms in total. The minimum Gasteiger partial charge on any atom is -0.384 e. The minimum atomic E-state index is 0.0188. The summed E-state index contributed by atoms with van der Waals surface area (Å²) >= 11 is 0. The summed E-state index contributed by atoms with van der Waals surface area (Å²) in [5, 5.41) is 6.26. The van der Waals surface area contributed by atoms with Crippen molar-refractivity contribution in [3.63, 3.8) is 0 Å². The third-order valence-electron chi connectivity index (χ3n) is 2.80. The largest absolute Gasteiger partial charge is 0.384 e. The van der Waals surface area contributed by atoms with Gasteiger partial charge >= 0.3 is 0 Å². The number of benzene rings is 1. The Kier molecular flexibility index (Phi) is 6.92. The highest BCUT2D eigenvalue weighted by Gasteiger charge is 2.09. The normalized spacial score (nSPS) is 10.1. The van der Waals surface area contributed by atoms with Crippen molar-refractivity contribution in [1.29, 1.82) is 0 Å². The van der Waals surface area contributed by atoms with E-state index in [2.05, 4.69) is 24.5 Å². The molecule has 1 aromatic carbocycles. The third kappa shape index (κ3) is 4.78. The second-order valence-corrected chi connectivity index (χ2v) is 4.44. The van der Waals surface area contributed by atoms with E-state index in [0.717, 1.165) is 43.6 Å². The van der Waals surface area contributed by atoms with E-state index in [-0.39, 0.29) is 5.91 Å². The monoisotopic (exact) mass is 248 g/mol. The molecule has 0 heterocycles. The van der Waals surface area contributed by atoms with Crippen molar-refractivity contribution in [2.45, 2.75) is 39.5 Å². The van der Waals surface area contributed by atoms with Gasteiger partial charge in [0.05, 0.1) is 5.56 Å². The lowest BCUT2D eigenvalue weighted by Crippen LogP contribution is -2.25. The van der Waals surface area contributed by atoms with Gasteiger partial charge in [-0.2, -0.15) is 0 Å². The Morgan fingerprint density at radius 1 is 1.06 bits per heavy atom. The molecule has 0 bridgehead atoms. The van der Waals surface area contributed by atoms with E-state index in [4.69, 9.17) is 0 Å². The van der Waals surface area contributed by atoms with Gasteiger partial charge in [-0.1, -0.05) is 38.8 Å². The number of hydrogen-bond acceptors (Lipinski definition) is 2. The molecule has 0 fully saturated rings. The number of rotatable bonds is 8. The molecule has 3 heteroatoms. The van der Waals surface area contributed by atoms with E-state index in [1.807, 2.05) is 24.3 Å². The van der Waals surface area contributed by atoms with Crippen molar-refractivity contribution < 1.29 is 4.79 Å². The maximum Gasteiger partial charge on any atom is 0.253 e. The lowest BCUT2D eigenvalue weighted by atomic mass is 10.1. The molecule has 0 aliphatic carbocycles. The second-order valence-electron chi connectivity index (χ2n) is 4.44. The molecule has 1 aromatic rings. The zero-order chi connectivity index (χ0) is 13.2. The van der Waals surface area contributed by atoms with E-state index < -0.39 is 0 Å². The van der Waals surface area contributed by atoms with Crippen molar-refractivity contribution in [3.8, 4) is 0 Å². The number of carbonyl (C=O) groups excluding carboxylic acids is 1. The number of hydrogen-bond donors (Lipinski definition) is 2. The summed E-state index contributed by atoms with van der Waals surface area (Å²) in [7, 11) is 0. The van der Waals surface area contributed by atoms with Gasteiger partial charge in [-0.3, -0.25) is 4.79 Å². The SMILES string of the molecule is CCCCCNC(=O)c1ccccc1NCCC. The zero-order valence-electron chi connectivity index (χ0n) is 11.5. The first-order chi connectivity index (χ1) is 8.79. The van der Waals surface area contributed by atoms with Crippen LogP contribution in [0, 0.1) is 0 Å². The molecule has 0 radical (unpaired) electrons. The maximum atomic E-state index is 12.0. The van der Waals surface area contributed by atoms with E-state index in [1.165, 1.54) is 6.42 Å². The minimum absolute atomic E-state index is 0.0188. The van der Waals surface area contributed by atoms with Crippen LogP contribution < -0.4 is 10.6 Å². The number of amides is 1. The Morgan fingerprint density at radius 2 is 1.83 bits per heavy atom. The summed E-state index contributed by atoms with van der Waals surface area (Å²) in [6.45, 7) is 5.92. The zero-order valence-corrected chi connectivity index (χ0v) is 11.5. The lowest BCUT2D eigenvalue weighted by Gasteiger charge is -2.11. The van der Waals surface area contributed by atoms with Crippen molar-refractivity contribution in [2.24, 2.45) is 0 Å². The molecule has 0 spiro atoms. The van der Waals surface area contributed by atoms with Crippen LogP contribution in [0.15, 0.2) is 24.3 Å². The van der Waals surface area contributed by atoms with Gasteiger partial charge in [0, 0.05) is 18.8 Å². The van der Waals surface area contributed by atoms with Crippen LogP contribution in [0.5, 0.6) is 0 Å². The van der Waals surface area contributed by atoms with Crippen molar-refractivity contribution in [3.05, 3.63) is 29.8 Å². The summed E-state index contributed by atoms with van der Waals surface area (Å²) < 4.78 is 0. The number of para-hydroxylation sites is 1. The second kappa shape index (κ2) is 8.56. The van der Waals surface area contributed by atoms with Gasteiger partial charge in [-0.05, 0) is 25.0 Å². The van der Waals surface area contributed by atoms with E-state index in [9.17, 15) is 4.79 Å².